The van der Waals surface area contributed by atoms with Crippen LogP contribution in [0.25, 0.3) is 0 Å². The van der Waals surface area contributed by atoms with E-state index in [-0.39, 0.29) is 22.3 Å². The highest BCUT2D eigenvalue weighted by Crippen LogP contribution is 2.55. The molecule has 0 aromatic heterocycles. The van der Waals surface area contributed by atoms with E-state index in [1.165, 1.54) is 7.11 Å². The molecule has 2 unspecified atom stereocenters. The smallest absolute Gasteiger partial charge is 0.243 e. The first-order chi connectivity index (χ1) is 15.7. The summed E-state index contributed by atoms with van der Waals surface area (Å²) < 4.78 is 33.7. The standard InChI is InChI=1S/C24H30N4O4S/c1-23(2)13-19-21(20(29)14-23)24(18-15-25-27-22(18)26-19)8-5-10-28(11-9-24)33(30,31)17-7-4-6-16(12-17)32-3/h4,6-7,12,15,22,26H,5,8-11,13-14H2,1-3H3. The zero-order chi connectivity index (χ0) is 23.4. The van der Waals surface area contributed by atoms with Crippen molar-refractivity contribution in [1.82, 2.24) is 9.62 Å². The average Bonchev–Trinajstić information content (AvgIpc) is 3.13. The third-order valence-electron chi connectivity index (χ3n) is 7.37. The molecule has 0 radical (unpaired) electrons. The maximum Gasteiger partial charge on any atom is 0.243 e. The molecule has 1 N–H and O–H groups in total. The molecule has 2 atom stereocenters. The number of nitrogens with one attached hydrogen (secondary N) is 1. The molecule has 1 spiro atoms. The SMILES string of the molecule is COc1cccc(S(=O)(=O)N2CCCC3(CC2)C2=CN=NC2NC2=C3C(=O)CC(C)(C)C2)c1. The van der Waals surface area contributed by atoms with Gasteiger partial charge in [0.05, 0.1) is 18.2 Å². The van der Waals surface area contributed by atoms with Gasteiger partial charge in [-0.05, 0) is 43.2 Å². The fraction of sp³-hybridized carbons (Fsp3) is 0.542. The van der Waals surface area contributed by atoms with Gasteiger partial charge in [0.2, 0.25) is 10.0 Å². The number of azo groups is 1. The third kappa shape index (κ3) is 3.61. The number of fused-ring (bicyclic) bond motifs is 3. The van der Waals surface area contributed by atoms with Crippen molar-refractivity contribution in [3.05, 3.63) is 47.3 Å². The third-order valence-corrected chi connectivity index (χ3v) is 9.26. The Morgan fingerprint density at radius 2 is 2.00 bits per heavy atom. The second-order valence-electron chi connectivity index (χ2n) is 10.2. The molecule has 1 fully saturated rings. The molecule has 4 aliphatic rings. The van der Waals surface area contributed by atoms with Crippen LogP contribution in [0.15, 0.2) is 62.4 Å². The highest BCUT2D eigenvalue weighted by atomic mass is 32.2. The van der Waals surface area contributed by atoms with Crippen LogP contribution in [0.3, 0.4) is 0 Å². The number of ketones is 1. The average molecular weight is 471 g/mol. The molecule has 5 rings (SSSR count). The summed E-state index contributed by atoms with van der Waals surface area (Å²) in [6.07, 6.45) is 4.68. The van der Waals surface area contributed by atoms with Gasteiger partial charge in [0.15, 0.2) is 11.9 Å². The fourth-order valence-corrected chi connectivity index (χ4v) is 7.41. The number of allylic oxidation sites excluding steroid dienone is 2. The van der Waals surface area contributed by atoms with Crippen molar-refractivity contribution in [2.75, 3.05) is 20.2 Å². The number of ether oxygens (including phenoxy) is 1. The van der Waals surface area contributed by atoms with Gasteiger partial charge < -0.3 is 10.1 Å². The summed E-state index contributed by atoms with van der Waals surface area (Å²) in [6.45, 7) is 4.96. The van der Waals surface area contributed by atoms with E-state index in [0.29, 0.717) is 44.5 Å². The lowest BCUT2D eigenvalue weighted by Gasteiger charge is -2.47. The van der Waals surface area contributed by atoms with Crippen molar-refractivity contribution in [2.24, 2.45) is 21.1 Å². The normalized spacial score (nSPS) is 29.2. The highest BCUT2D eigenvalue weighted by Gasteiger charge is 2.53. The molecule has 1 aromatic carbocycles. The van der Waals surface area contributed by atoms with Crippen LogP contribution in [-0.4, -0.2) is 44.9 Å². The topological polar surface area (TPSA) is 100 Å². The van der Waals surface area contributed by atoms with Gasteiger partial charge >= 0.3 is 0 Å². The van der Waals surface area contributed by atoms with Crippen molar-refractivity contribution in [2.45, 2.75) is 57.0 Å². The molecular weight excluding hydrogens is 440 g/mol. The van der Waals surface area contributed by atoms with Crippen LogP contribution >= 0.6 is 0 Å². The second kappa shape index (κ2) is 7.77. The number of rotatable bonds is 3. The van der Waals surface area contributed by atoms with Crippen LogP contribution in [0.1, 0.15) is 46.0 Å². The van der Waals surface area contributed by atoms with Crippen LogP contribution in [0, 0.1) is 10.8 Å². The quantitative estimate of drug-likeness (QED) is 0.725. The van der Waals surface area contributed by atoms with E-state index in [2.05, 4.69) is 29.4 Å². The Balaban J connectivity index is 1.51. The van der Waals surface area contributed by atoms with Crippen LogP contribution in [0.5, 0.6) is 5.75 Å². The van der Waals surface area contributed by atoms with E-state index < -0.39 is 15.4 Å². The Labute approximate surface area is 194 Å². The Kier molecular flexibility index (Phi) is 5.25. The lowest BCUT2D eigenvalue weighted by molar-refractivity contribution is -0.119. The van der Waals surface area contributed by atoms with E-state index in [1.807, 2.05) is 0 Å². The molecule has 33 heavy (non-hydrogen) atoms. The number of hydrogen-bond acceptors (Lipinski definition) is 7. The van der Waals surface area contributed by atoms with E-state index in [0.717, 1.165) is 23.3 Å². The van der Waals surface area contributed by atoms with E-state index in [9.17, 15) is 13.2 Å². The minimum atomic E-state index is -3.69. The molecule has 0 amide bonds. The predicted octanol–water partition coefficient (Wildman–Crippen LogP) is 3.78. The molecule has 9 heteroatoms. The Bertz CT molecular complexity index is 1200. The van der Waals surface area contributed by atoms with Crippen LogP contribution < -0.4 is 10.1 Å². The molecule has 3 heterocycles. The summed E-state index contributed by atoms with van der Waals surface area (Å²) in [5.74, 6) is 0.664. The van der Waals surface area contributed by atoms with Gasteiger partial charge in [-0.1, -0.05) is 19.9 Å². The summed E-state index contributed by atoms with van der Waals surface area (Å²) >= 11 is 0. The first-order valence-electron chi connectivity index (χ1n) is 11.4. The zero-order valence-electron chi connectivity index (χ0n) is 19.3. The van der Waals surface area contributed by atoms with Gasteiger partial charge in [0, 0.05) is 47.8 Å². The Morgan fingerprint density at radius 3 is 2.79 bits per heavy atom. The number of hydrogen-bond donors (Lipinski definition) is 1. The lowest BCUT2D eigenvalue weighted by Crippen LogP contribution is -2.49. The first kappa shape index (κ1) is 22.3. The largest absolute Gasteiger partial charge is 0.497 e. The molecule has 1 aliphatic carbocycles. The van der Waals surface area contributed by atoms with Gasteiger partial charge in [-0.2, -0.15) is 14.5 Å². The summed E-state index contributed by atoms with van der Waals surface area (Å²) in [5.41, 5.74) is 2.14. The summed E-state index contributed by atoms with van der Waals surface area (Å²) in [4.78, 5) is 13.7. The molecule has 3 aliphatic heterocycles. The van der Waals surface area contributed by atoms with Crippen molar-refractivity contribution in [3.63, 3.8) is 0 Å². The molecular formula is C24H30N4O4S. The maximum absolute atomic E-state index is 13.5. The minimum Gasteiger partial charge on any atom is -0.497 e. The van der Waals surface area contributed by atoms with Crippen molar-refractivity contribution in [1.29, 1.82) is 0 Å². The van der Waals surface area contributed by atoms with E-state index in [4.69, 9.17) is 4.74 Å². The summed E-state index contributed by atoms with van der Waals surface area (Å²) in [6, 6.07) is 6.58. The second-order valence-corrected chi connectivity index (χ2v) is 12.1. The number of nitrogens with zero attached hydrogens (tertiary/aromatic N) is 3. The zero-order valence-corrected chi connectivity index (χ0v) is 20.1. The number of methoxy groups -OCH3 is 1. The van der Waals surface area contributed by atoms with E-state index in [1.54, 1.807) is 34.8 Å². The molecule has 1 aromatic rings. The van der Waals surface area contributed by atoms with E-state index >= 15 is 0 Å². The van der Waals surface area contributed by atoms with Gasteiger partial charge in [0.25, 0.3) is 0 Å². The molecule has 8 nitrogen and oxygen atoms in total. The van der Waals surface area contributed by atoms with Crippen molar-refractivity contribution in [3.8, 4) is 5.75 Å². The summed E-state index contributed by atoms with van der Waals surface area (Å²) in [7, 11) is -2.16. The number of carbonyl (C=O) groups excluding carboxylic acids is 1. The molecule has 176 valence electrons. The number of carbonyl (C=O) groups is 1. The monoisotopic (exact) mass is 470 g/mol. The number of Topliss-reactive ketones (excluding diaryl/α,β-unsaturated/α-hetero) is 1. The van der Waals surface area contributed by atoms with Crippen molar-refractivity contribution < 1.29 is 17.9 Å². The van der Waals surface area contributed by atoms with Crippen LogP contribution in [0.4, 0.5) is 0 Å². The van der Waals surface area contributed by atoms with Crippen LogP contribution in [0.2, 0.25) is 0 Å². The fourth-order valence-electron chi connectivity index (χ4n) is 5.90. The van der Waals surface area contributed by atoms with Gasteiger partial charge in [-0.3, -0.25) is 4.79 Å². The Hall–Kier alpha value is -2.52. The lowest BCUT2D eigenvalue weighted by atomic mass is 9.60. The van der Waals surface area contributed by atoms with Gasteiger partial charge in [-0.15, -0.1) is 0 Å². The maximum atomic E-state index is 13.5. The molecule has 1 saturated heterocycles. The van der Waals surface area contributed by atoms with Crippen LogP contribution in [-0.2, 0) is 14.8 Å². The van der Waals surface area contributed by atoms with Gasteiger partial charge in [-0.25, -0.2) is 8.42 Å². The Morgan fingerprint density at radius 1 is 1.18 bits per heavy atom. The predicted molar refractivity (Wildman–Crippen MR) is 123 cm³/mol. The minimum absolute atomic E-state index is 0.118. The van der Waals surface area contributed by atoms with Gasteiger partial charge in [0.1, 0.15) is 5.75 Å². The molecule has 0 bridgehead atoms. The number of benzene rings is 1. The summed E-state index contributed by atoms with van der Waals surface area (Å²) in [5, 5.41) is 12.0. The first-order valence-corrected chi connectivity index (χ1v) is 12.9. The van der Waals surface area contributed by atoms with Crippen molar-refractivity contribution >= 4 is 15.8 Å². The number of sulfonamides is 1. The highest BCUT2D eigenvalue weighted by molar-refractivity contribution is 7.89. The molecule has 0 saturated carbocycles.